The van der Waals surface area contributed by atoms with E-state index in [1.165, 1.54) is 4.90 Å². The average molecular weight is 185 g/mol. The van der Waals surface area contributed by atoms with Gasteiger partial charge in [0.2, 0.25) is 5.91 Å². The van der Waals surface area contributed by atoms with E-state index in [0.29, 0.717) is 6.42 Å². The topological polar surface area (TPSA) is 57.6 Å². The molecule has 0 aromatic heterocycles. The predicted molar refractivity (Wildman–Crippen MR) is 47.3 cm³/mol. The molecule has 1 aliphatic heterocycles. The summed E-state index contributed by atoms with van der Waals surface area (Å²) in [5.74, 6) is -0.936. The van der Waals surface area contributed by atoms with E-state index in [1.807, 2.05) is 6.92 Å². The Morgan fingerprint density at radius 2 is 2.38 bits per heavy atom. The molecule has 74 valence electrons. The molecule has 0 aromatic rings. The van der Waals surface area contributed by atoms with Crippen molar-refractivity contribution in [2.24, 2.45) is 0 Å². The largest absolute Gasteiger partial charge is 0.480 e. The number of carboxylic acid groups (broad SMARTS) is 1. The van der Waals surface area contributed by atoms with Crippen LogP contribution in [0.15, 0.2) is 0 Å². The molecule has 0 radical (unpaired) electrons. The van der Waals surface area contributed by atoms with E-state index < -0.39 is 5.97 Å². The van der Waals surface area contributed by atoms with Gasteiger partial charge in [0.15, 0.2) is 0 Å². The standard InChI is InChI=1S/C9H15NO3/c1-2-7-4-3-5-8(11)10(7)6-9(12)13/h7H,2-6H2,1H3,(H,12,13). The summed E-state index contributed by atoms with van der Waals surface area (Å²) < 4.78 is 0. The van der Waals surface area contributed by atoms with Crippen LogP contribution in [0.1, 0.15) is 32.6 Å². The predicted octanol–water partition coefficient (Wildman–Crippen LogP) is 0.862. The van der Waals surface area contributed by atoms with Crippen LogP contribution in [0.2, 0.25) is 0 Å². The number of piperidine rings is 1. The van der Waals surface area contributed by atoms with Gasteiger partial charge in [0.1, 0.15) is 6.54 Å². The lowest BCUT2D eigenvalue weighted by atomic mass is 9.99. The summed E-state index contributed by atoms with van der Waals surface area (Å²) in [6, 6.07) is 0.136. The van der Waals surface area contributed by atoms with Crippen molar-refractivity contribution in [3.63, 3.8) is 0 Å². The van der Waals surface area contributed by atoms with Crippen molar-refractivity contribution in [2.75, 3.05) is 6.54 Å². The number of likely N-dealkylation sites (tertiary alicyclic amines) is 1. The van der Waals surface area contributed by atoms with Gasteiger partial charge in [-0.15, -0.1) is 0 Å². The fourth-order valence-electron chi connectivity index (χ4n) is 1.78. The van der Waals surface area contributed by atoms with Crippen molar-refractivity contribution in [2.45, 2.75) is 38.6 Å². The van der Waals surface area contributed by atoms with E-state index in [9.17, 15) is 9.59 Å². The number of carbonyl (C=O) groups excluding carboxylic acids is 1. The van der Waals surface area contributed by atoms with Crippen LogP contribution in [-0.2, 0) is 9.59 Å². The molecule has 0 saturated carbocycles. The van der Waals surface area contributed by atoms with E-state index in [0.717, 1.165) is 19.3 Å². The Kier molecular flexibility index (Phi) is 3.28. The lowest BCUT2D eigenvalue weighted by Gasteiger charge is -2.33. The van der Waals surface area contributed by atoms with Gasteiger partial charge in [-0.3, -0.25) is 9.59 Å². The molecule has 0 bridgehead atoms. The van der Waals surface area contributed by atoms with Crippen molar-refractivity contribution in [3.05, 3.63) is 0 Å². The maximum atomic E-state index is 11.4. The highest BCUT2D eigenvalue weighted by molar-refractivity contribution is 5.82. The van der Waals surface area contributed by atoms with E-state index in [-0.39, 0.29) is 18.5 Å². The van der Waals surface area contributed by atoms with Gasteiger partial charge in [0.05, 0.1) is 0 Å². The molecule has 1 atom stereocenters. The van der Waals surface area contributed by atoms with Crippen LogP contribution < -0.4 is 0 Å². The first-order chi connectivity index (χ1) is 6.15. The van der Waals surface area contributed by atoms with E-state index in [1.54, 1.807) is 0 Å². The van der Waals surface area contributed by atoms with Crippen LogP contribution >= 0.6 is 0 Å². The SMILES string of the molecule is CCC1CCCC(=O)N1CC(=O)O. The number of nitrogens with zero attached hydrogens (tertiary/aromatic N) is 1. The normalized spacial score (nSPS) is 23.3. The summed E-state index contributed by atoms with van der Waals surface area (Å²) in [5, 5.41) is 8.60. The molecule has 4 heteroatoms. The number of aliphatic carboxylic acids is 1. The summed E-state index contributed by atoms with van der Waals surface area (Å²) in [7, 11) is 0. The van der Waals surface area contributed by atoms with E-state index in [4.69, 9.17) is 5.11 Å². The summed E-state index contributed by atoms with van der Waals surface area (Å²) in [5.41, 5.74) is 0. The summed E-state index contributed by atoms with van der Waals surface area (Å²) >= 11 is 0. The van der Waals surface area contributed by atoms with Gasteiger partial charge in [0.25, 0.3) is 0 Å². The highest BCUT2D eigenvalue weighted by Gasteiger charge is 2.27. The minimum Gasteiger partial charge on any atom is -0.480 e. The van der Waals surface area contributed by atoms with Crippen molar-refractivity contribution < 1.29 is 14.7 Å². The number of carboxylic acids is 1. The molecule has 0 aliphatic carbocycles. The Labute approximate surface area is 77.5 Å². The van der Waals surface area contributed by atoms with Gasteiger partial charge >= 0.3 is 5.97 Å². The molecular weight excluding hydrogens is 170 g/mol. The quantitative estimate of drug-likeness (QED) is 0.709. The number of rotatable bonds is 3. The first kappa shape index (κ1) is 10.0. The van der Waals surface area contributed by atoms with Crippen LogP contribution in [0.25, 0.3) is 0 Å². The van der Waals surface area contributed by atoms with Crippen LogP contribution in [0.4, 0.5) is 0 Å². The van der Waals surface area contributed by atoms with Crippen molar-refractivity contribution >= 4 is 11.9 Å². The molecule has 1 N–H and O–H groups in total. The minimum absolute atomic E-state index is 0.0134. The van der Waals surface area contributed by atoms with Gasteiger partial charge < -0.3 is 10.0 Å². The molecule has 0 spiro atoms. The van der Waals surface area contributed by atoms with Gasteiger partial charge in [-0.2, -0.15) is 0 Å². The maximum Gasteiger partial charge on any atom is 0.323 e. The first-order valence-corrected chi connectivity index (χ1v) is 4.66. The zero-order valence-electron chi connectivity index (χ0n) is 7.82. The molecule has 1 fully saturated rings. The van der Waals surface area contributed by atoms with Crippen molar-refractivity contribution in [3.8, 4) is 0 Å². The molecule has 1 aliphatic rings. The molecule has 1 rings (SSSR count). The zero-order valence-corrected chi connectivity index (χ0v) is 7.82. The summed E-state index contributed by atoms with van der Waals surface area (Å²) in [6.07, 6.45) is 3.19. The second kappa shape index (κ2) is 4.25. The molecule has 1 saturated heterocycles. The van der Waals surface area contributed by atoms with Gasteiger partial charge in [-0.05, 0) is 19.3 Å². The molecule has 1 unspecified atom stereocenters. The molecule has 13 heavy (non-hydrogen) atoms. The third-order valence-electron chi connectivity index (χ3n) is 2.47. The van der Waals surface area contributed by atoms with Crippen LogP contribution in [-0.4, -0.2) is 34.5 Å². The van der Waals surface area contributed by atoms with E-state index >= 15 is 0 Å². The third kappa shape index (κ3) is 2.44. The monoisotopic (exact) mass is 185 g/mol. The maximum absolute atomic E-state index is 11.4. The fraction of sp³-hybridized carbons (Fsp3) is 0.778. The Morgan fingerprint density at radius 3 is 2.92 bits per heavy atom. The molecule has 4 nitrogen and oxygen atoms in total. The summed E-state index contributed by atoms with van der Waals surface area (Å²) in [4.78, 5) is 23.3. The molecular formula is C9H15NO3. The second-order valence-corrected chi connectivity index (χ2v) is 3.37. The minimum atomic E-state index is -0.922. The zero-order chi connectivity index (χ0) is 9.84. The third-order valence-corrected chi connectivity index (χ3v) is 2.47. The Balaban J connectivity index is 2.62. The van der Waals surface area contributed by atoms with Crippen molar-refractivity contribution in [1.82, 2.24) is 4.90 Å². The smallest absolute Gasteiger partial charge is 0.323 e. The van der Waals surface area contributed by atoms with Crippen LogP contribution in [0, 0.1) is 0 Å². The number of amides is 1. The van der Waals surface area contributed by atoms with Gasteiger partial charge in [0, 0.05) is 12.5 Å². The molecule has 1 amide bonds. The number of hydrogen-bond acceptors (Lipinski definition) is 2. The number of carbonyl (C=O) groups is 2. The van der Waals surface area contributed by atoms with Gasteiger partial charge in [-0.25, -0.2) is 0 Å². The lowest BCUT2D eigenvalue weighted by Crippen LogP contribution is -2.45. The Morgan fingerprint density at radius 1 is 1.69 bits per heavy atom. The highest BCUT2D eigenvalue weighted by Crippen LogP contribution is 2.19. The Hall–Kier alpha value is -1.06. The summed E-state index contributed by atoms with van der Waals surface area (Å²) in [6.45, 7) is 1.84. The van der Waals surface area contributed by atoms with Gasteiger partial charge in [-0.1, -0.05) is 6.92 Å². The average Bonchev–Trinajstić information content (AvgIpc) is 2.08. The van der Waals surface area contributed by atoms with Crippen LogP contribution in [0.5, 0.6) is 0 Å². The highest BCUT2D eigenvalue weighted by atomic mass is 16.4. The lowest BCUT2D eigenvalue weighted by molar-refractivity contribution is -0.148. The number of hydrogen-bond donors (Lipinski definition) is 1. The van der Waals surface area contributed by atoms with Crippen LogP contribution in [0.3, 0.4) is 0 Å². The Bertz CT molecular complexity index is 215. The molecule has 0 aromatic carbocycles. The second-order valence-electron chi connectivity index (χ2n) is 3.37. The van der Waals surface area contributed by atoms with Crippen molar-refractivity contribution in [1.29, 1.82) is 0 Å². The first-order valence-electron chi connectivity index (χ1n) is 4.66. The molecule has 1 heterocycles. The fourth-order valence-corrected chi connectivity index (χ4v) is 1.78. The van der Waals surface area contributed by atoms with E-state index in [2.05, 4.69) is 0 Å².